The van der Waals surface area contributed by atoms with Gasteiger partial charge in [0.25, 0.3) is 0 Å². The van der Waals surface area contributed by atoms with E-state index in [1.54, 1.807) is 30.3 Å². The summed E-state index contributed by atoms with van der Waals surface area (Å²) in [5, 5.41) is 8.99. The fourth-order valence-corrected chi connectivity index (χ4v) is 1.71. The second-order valence-electron chi connectivity index (χ2n) is 5.11. The van der Waals surface area contributed by atoms with Gasteiger partial charge in [0.2, 0.25) is 0 Å². The third kappa shape index (κ3) is 6.80. The van der Waals surface area contributed by atoms with Gasteiger partial charge in [-0.2, -0.15) is 18.4 Å². The van der Waals surface area contributed by atoms with Crippen molar-refractivity contribution < 1.29 is 22.7 Å². The molecule has 1 aromatic carbocycles. The van der Waals surface area contributed by atoms with E-state index in [1.165, 1.54) is 6.92 Å². The monoisotopic (exact) mass is 299 g/mol. The molecule has 0 radical (unpaired) electrons. The summed E-state index contributed by atoms with van der Waals surface area (Å²) in [6, 6.07) is 10.7. The van der Waals surface area contributed by atoms with Crippen molar-refractivity contribution in [2.24, 2.45) is 5.41 Å². The van der Waals surface area contributed by atoms with E-state index in [0.29, 0.717) is 0 Å². The number of benzene rings is 1. The number of rotatable bonds is 6. The van der Waals surface area contributed by atoms with Gasteiger partial charge in [-0.05, 0) is 18.9 Å². The molecule has 0 saturated heterocycles. The molecule has 0 bridgehead atoms. The molecule has 0 aliphatic carbocycles. The van der Waals surface area contributed by atoms with Gasteiger partial charge in [0.15, 0.2) is 0 Å². The van der Waals surface area contributed by atoms with Crippen molar-refractivity contribution in [3.05, 3.63) is 35.9 Å². The lowest BCUT2D eigenvalue weighted by atomic mass is 9.83. The summed E-state index contributed by atoms with van der Waals surface area (Å²) in [5.74, 6) is -0.676. The van der Waals surface area contributed by atoms with Gasteiger partial charge >= 0.3 is 12.1 Å². The highest BCUT2D eigenvalue weighted by molar-refractivity contribution is 5.70. The van der Waals surface area contributed by atoms with Crippen molar-refractivity contribution in [1.29, 1.82) is 5.26 Å². The van der Waals surface area contributed by atoms with Crippen LogP contribution < -0.4 is 0 Å². The van der Waals surface area contributed by atoms with E-state index in [9.17, 15) is 18.0 Å². The van der Waals surface area contributed by atoms with Gasteiger partial charge in [-0.1, -0.05) is 30.3 Å². The fraction of sp³-hybridized carbons (Fsp3) is 0.467. The molecular weight excluding hydrogens is 283 g/mol. The maximum atomic E-state index is 12.2. The van der Waals surface area contributed by atoms with Crippen LogP contribution in [0, 0.1) is 16.7 Å². The van der Waals surface area contributed by atoms with Gasteiger partial charge in [0.05, 0.1) is 17.9 Å². The number of hydrogen-bond acceptors (Lipinski definition) is 3. The Morgan fingerprint density at radius 2 is 1.86 bits per heavy atom. The summed E-state index contributed by atoms with van der Waals surface area (Å²) in [6.45, 7) is 1.38. The SMILES string of the molecule is CC(C#N)(CCC(F)(F)F)CC(=O)OCc1ccccc1. The predicted octanol–water partition coefficient (Wildman–Crippen LogP) is 3.99. The number of alkyl halides is 3. The minimum absolute atomic E-state index is 0.0421. The fourth-order valence-electron chi connectivity index (χ4n) is 1.71. The van der Waals surface area contributed by atoms with Crippen molar-refractivity contribution in [2.45, 2.75) is 39.0 Å². The second kappa shape index (κ2) is 7.11. The molecule has 3 nitrogen and oxygen atoms in total. The van der Waals surface area contributed by atoms with Crippen LogP contribution in [0.3, 0.4) is 0 Å². The summed E-state index contributed by atoms with van der Waals surface area (Å²) in [5.41, 5.74) is -0.594. The highest BCUT2D eigenvalue weighted by Gasteiger charge is 2.35. The van der Waals surface area contributed by atoms with Crippen molar-refractivity contribution >= 4 is 5.97 Å². The molecule has 0 spiro atoms. The zero-order valence-corrected chi connectivity index (χ0v) is 11.6. The Hall–Kier alpha value is -2.03. The number of ether oxygens (including phenoxy) is 1. The lowest BCUT2D eigenvalue weighted by molar-refractivity contribution is -0.150. The maximum absolute atomic E-state index is 12.2. The Labute approximate surface area is 121 Å². The largest absolute Gasteiger partial charge is 0.461 e. The first kappa shape index (κ1) is 17.0. The maximum Gasteiger partial charge on any atom is 0.389 e. The first-order valence-electron chi connectivity index (χ1n) is 6.42. The smallest absolute Gasteiger partial charge is 0.389 e. The molecule has 0 aliphatic heterocycles. The van der Waals surface area contributed by atoms with Crippen LogP contribution in [-0.2, 0) is 16.1 Å². The molecule has 21 heavy (non-hydrogen) atoms. The Kier molecular flexibility index (Phi) is 5.77. The average molecular weight is 299 g/mol. The van der Waals surface area contributed by atoms with Crippen LogP contribution in [-0.4, -0.2) is 12.1 Å². The first-order valence-corrected chi connectivity index (χ1v) is 6.42. The van der Waals surface area contributed by atoms with E-state index in [4.69, 9.17) is 10.00 Å². The Bertz CT molecular complexity index is 508. The highest BCUT2D eigenvalue weighted by atomic mass is 19.4. The molecule has 1 unspecified atom stereocenters. The molecule has 0 aliphatic rings. The van der Waals surface area contributed by atoms with Gasteiger partial charge in [-0.25, -0.2) is 0 Å². The minimum Gasteiger partial charge on any atom is -0.461 e. The number of halogens is 3. The molecule has 0 aromatic heterocycles. The number of nitrogens with zero attached hydrogens (tertiary/aromatic N) is 1. The van der Waals surface area contributed by atoms with Crippen LogP contribution in [0.1, 0.15) is 31.7 Å². The number of carbonyl (C=O) groups is 1. The number of carbonyl (C=O) groups excluding carboxylic acids is 1. The van der Waals surface area contributed by atoms with Crippen LogP contribution in [0.4, 0.5) is 13.2 Å². The Morgan fingerprint density at radius 3 is 2.38 bits per heavy atom. The van der Waals surface area contributed by atoms with Gasteiger partial charge in [-0.15, -0.1) is 0 Å². The summed E-state index contributed by atoms with van der Waals surface area (Å²) in [4.78, 5) is 11.7. The van der Waals surface area contributed by atoms with E-state index in [0.717, 1.165) is 5.56 Å². The normalized spacial score (nSPS) is 14.0. The lowest BCUT2D eigenvalue weighted by Crippen LogP contribution is -2.23. The van der Waals surface area contributed by atoms with Crippen molar-refractivity contribution in [1.82, 2.24) is 0 Å². The Balaban J connectivity index is 2.49. The molecule has 114 valence electrons. The van der Waals surface area contributed by atoms with Gasteiger partial charge in [-0.3, -0.25) is 4.79 Å². The van der Waals surface area contributed by atoms with Gasteiger partial charge in [0, 0.05) is 6.42 Å². The van der Waals surface area contributed by atoms with Crippen LogP contribution in [0.5, 0.6) is 0 Å². The molecular formula is C15H16F3NO2. The number of nitriles is 1. The third-order valence-electron chi connectivity index (χ3n) is 3.01. The summed E-state index contributed by atoms with van der Waals surface area (Å²) < 4.78 is 41.6. The van der Waals surface area contributed by atoms with E-state index in [2.05, 4.69) is 0 Å². The average Bonchev–Trinajstić information content (AvgIpc) is 2.43. The molecule has 0 amide bonds. The van der Waals surface area contributed by atoms with E-state index < -0.39 is 30.4 Å². The second-order valence-corrected chi connectivity index (χ2v) is 5.11. The van der Waals surface area contributed by atoms with Crippen LogP contribution >= 0.6 is 0 Å². The third-order valence-corrected chi connectivity index (χ3v) is 3.01. The molecule has 0 N–H and O–H groups in total. The minimum atomic E-state index is -4.34. The Morgan fingerprint density at radius 1 is 1.24 bits per heavy atom. The topological polar surface area (TPSA) is 50.1 Å². The van der Waals surface area contributed by atoms with Crippen LogP contribution in [0.15, 0.2) is 30.3 Å². The number of hydrogen-bond donors (Lipinski definition) is 0. The van der Waals surface area contributed by atoms with E-state index in [-0.39, 0.29) is 13.0 Å². The zero-order chi connectivity index (χ0) is 15.9. The first-order chi connectivity index (χ1) is 9.74. The molecule has 1 rings (SSSR count). The summed E-state index contributed by atoms with van der Waals surface area (Å²) in [6.07, 6.45) is -6.21. The molecule has 0 heterocycles. The summed E-state index contributed by atoms with van der Waals surface area (Å²) >= 11 is 0. The number of esters is 1. The molecule has 1 aromatic rings. The molecule has 1 atom stereocenters. The van der Waals surface area contributed by atoms with Crippen molar-refractivity contribution in [3.8, 4) is 6.07 Å². The quantitative estimate of drug-likeness (QED) is 0.746. The standard InChI is InChI=1S/C15H16F3NO2/c1-14(11-19,7-8-15(16,17)18)9-13(20)21-10-12-5-3-2-4-6-12/h2-6H,7-10H2,1H3. The lowest BCUT2D eigenvalue weighted by Gasteiger charge is -2.21. The van der Waals surface area contributed by atoms with Gasteiger partial charge < -0.3 is 4.74 Å². The molecule has 0 fully saturated rings. The molecule has 6 heteroatoms. The van der Waals surface area contributed by atoms with Gasteiger partial charge in [0.1, 0.15) is 6.61 Å². The van der Waals surface area contributed by atoms with Crippen molar-refractivity contribution in [2.75, 3.05) is 0 Å². The van der Waals surface area contributed by atoms with Crippen LogP contribution in [0.2, 0.25) is 0 Å². The van der Waals surface area contributed by atoms with Crippen LogP contribution in [0.25, 0.3) is 0 Å². The van der Waals surface area contributed by atoms with E-state index >= 15 is 0 Å². The molecule has 0 saturated carbocycles. The van der Waals surface area contributed by atoms with Crippen molar-refractivity contribution in [3.63, 3.8) is 0 Å². The predicted molar refractivity (Wildman–Crippen MR) is 69.9 cm³/mol. The zero-order valence-electron chi connectivity index (χ0n) is 11.6. The van der Waals surface area contributed by atoms with E-state index in [1.807, 2.05) is 6.07 Å². The highest BCUT2D eigenvalue weighted by Crippen LogP contribution is 2.33. The summed E-state index contributed by atoms with van der Waals surface area (Å²) in [7, 11) is 0.